The third-order valence-corrected chi connectivity index (χ3v) is 8.32. The molecule has 1 saturated carbocycles. The van der Waals surface area contributed by atoms with E-state index >= 15 is 0 Å². The van der Waals surface area contributed by atoms with Crippen LogP contribution >= 0.6 is 0 Å². The van der Waals surface area contributed by atoms with Gasteiger partial charge in [0.15, 0.2) is 18.9 Å². The van der Waals surface area contributed by atoms with Gasteiger partial charge in [0.05, 0.1) is 31.4 Å². The molecule has 0 bridgehead atoms. The van der Waals surface area contributed by atoms with Gasteiger partial charge in [-0.15, -0.1) is 0 Å². The first-order valence-electron chi connectivity index (χ1n) is 14.5. The second-order valence-corrected chi connectivity index (χ2v) is 12.5. The van der Waals surface area contributed by atoms with Crippen LogP contribution in [0, 0.1) is 0 Å². The molecule has 24 heteroatoms. The molecule has 0 aromatic rings. The zero-order chi connectivity index (χ0) is 35.5. The van der Waals surface area contributed by atoms with E-state index in [1.165, 1.54) is 0 Å². The second kappa shape index (κ2) is 16.9. The van der Waals surface area contributed by atoms with Crippen molar-refractivity contribution in [2.75, 3.05) is 19.8 Å². The Hall–Kier alpha value is -0.890. The molecule has 0 radical (unpaired) electrons. The van der Waals surface area contributed by atoms with E-state index in [2.05, 4.69) is 0 Å². The van der Waals surface area contributed by atoms with Crippen LogP contribution in [0.5, 0.6) is 0 Å². The molecule has 1 aliphatic carbocycles. The zero-order valence-corrected chi connectivity index (χ0v) is 25.6. The molecule has 20 N–H and O–H groups in total. The normalized spacial score (nSPS) is 49.3. The fourth-order valence-corrected chi connectivity index (χ4v) is 5.70. The van der Waals surface area contributed by atoms with Gasteiger partial charge in [0, 0.05) is 18.6 Å². The molecular formula is C23H47N5O18S. The van der Waals surface area contributed by atoms with Crippen LogP contribution in [0.2, 0.25) is 0 Å². The summed E-state index contributed by atoms with van der Waals surface area (Å²) in [6.45, 7) is -1.49. The number of hydrogen-bond acceptors (Lipinski definition) is 21. The maximum Gasteiger partial charge on any atom is 0.394 e. The minimum atomic E-state index is -4.67. The first kappa shape index (κ1) is 40.5. The first-order valence-corrected chi connectivity index (χ1v) is 15.9. The van der Waals surface area contributed by atoms with Crippen molar-refractivity contribution in [1.29, 1.82) is 0 Å². The Morgan fingerprint density at radius 2 is 1.00 bits per heavy atom. The summed E-state index contributed by atoms with van der Waals surface area (Å²) in [4.78, 5) is 0. The van der Waals surface area contributed by atoms with E-state index in [9.17, 15) is 40.9 Å². The van der Waals surface area contributed by atoms with Crippen molar-refractivity contribution < 1.29 is 86.8 Å². The predicted molar refractivity (Wildman–Crippen MR) is 151 cm³/mol. The third kappa shape index (κ3) is 9.67. The summed E-state index contributed by atoms with van der Waals surface area (Å²) < 4.78 is 66.0. The lowest BCUT2D eigenvalue weighted by atomic mass is 9.84. The molecule has 47 heavy (non-hydrogen) atoms. The first-order chi connectivity index (χ1) is 21.8. The van der Waals surface area contributed by atoms with E-state index in [0.29, 0.717) is 0 Å². The Bertz CT molecular complexity index is 1070. The van der Waals surface area contributed by atoms with Gasteiger partial charge >= 0.3 is 10.4 Å². The summed E-state index contributed by atoms with van der Waals surface area (Å²) in [5.41, 5.74) is 29.9. The third-order valence-electron chi connectivity index (χ3n) is 8.32. The zero-order valence-electron chi connectivity index (χ0n) is 24.8. The highest BCUT2D eigenvalue weighted by Gasteiger charge is 2.54. The predicted octanol–water partition coefficient (Wildman–Crippen LogP) is -9.51. The van der Waals surface area contributed by atoms with Crippen molar-refractivity contribution >= 4 is 10.4 Å². The van der Waals surface area contributed by atoms with Crippen molar-refractivity contribution in [1.82, 2.24) is 0 Å². The van der Waals surface area contributed by atoms with Crippen molar-refractivity contribution in [3.8, 4) is 0 Å². The smallest absolute Gasteiger partial charge is 0.394 e. The molecule has 4 fully saturated rings. The molecule has 0 spiro atoms. The number of rotatable bonds is 9. The topological polar surface area (TPSA) is 422 Å². The molecule has 3 heterocycles. The Labute approximate surface area is 268 Å². The Kier molecular flexibility index (Phi) is 14.6. The van der Waals surface area contributed by atoms with Crippen LogP contribution < -0.4 is 28.7 Å². The van der Waals surface area contributed by atoms with Crippen LogP contribution in [-0.4, -0.2) is 194 Å². The molecule has 3 aliphatic heterocycles. The SMILES string of the molecule is NCC1OC(O[C@@H]2[C@H](O)C(OC3C(O)C(N)CC(N)C3OC3OC(CO)C(O)C(O)C3N)O[C@@H]2CO)C(N)C(O)C1O.O=S(=O)(O)O. The lowest BCUT2D eigenvalue weighted by Crippen LogP contribution is -2.68. The van der Waals surface area contributed by atoms with Crippen LogP contribution in [0.4, 0.5) is 0 Å². The average molecular weight is 714 g/mol. The van der Waals surface area contributed by atoms with E-state index in [1.807, 2.05) is 0 Å². The highest BCUT2D eigenvalue weighted by molar-refractivity contribution is 7.79. The highest BCUT2D eigenvalue weighted by atomic mass is 32.3. The largest absolute Gasteiger partial charge is 0.394 e. The van der Waals surface area contributed by atoms with Gasteiger partial charge in [0.25, 0.3) is 0 Å². The summed E-state index contributed by atoms with van der Waals surface area (Å²) in [6, 6.07) is -4.30. The number of aliphatic hydroxyl groups is 8. The molecule has 19 atom stereocenters. The molecule has 4 rings (SSSR count). The van der Waals surface area contributed by atoms with Gasteiger partial charge < -0.3 is 97.9 Å². The molecule has 0 aromatic heterocycles. The molecule has 3 saturated heterocycles. The minimum absolute atomic E-state index is 0.0642. The minimum Gasteiger partial charge on any atom is -0.394 e. The van der Waals surface area contributed by atoms with E-state index in [4.69, 9.17) is 74.6 Å². The summed E-state index contributed by atoms with van der Waals surface area (Å²) in [5, 5.41) is 82.3. The maximum atomic E-state index is 11.1. The summed E-state index contributed by atoms with van der Waals surface area (Å²) in [7, 11) is -4.67. The van der Waals surface area contributed by atoms with Gasteiger partial charge in [-0.05, 0) is 6.42 Å². The number of hydrogen-bond donors (Lipinski definition) is 15. The number of ether oxygens (including phenoxy) is 6. The van der Waals surface area contributed by atoms with E-state index in [-0.39, 0.29) is 13.0 Å². The molecule has 4 aliphatic rings. The number of nitrogens with two attached hydrogens (primary N) is 5. The molecule has 278 valence electrons. The quantitative estimate of drug-likeness (QED) is 0.0986. The maximum absolute atomic E-state index is 11.1. The van der Waals surface area contributed by atoms with Crippen molar-refractivity contribution in [2.24, 2.45) is 28.7 Å². The van der Waals surface area contributed by atoms with E-state index < -0.39 is 140 Å². The van der Waals surface area contributed by atoms with Crippen molar-refractivity contribution in [3.05, 3.63) is 0 Å². The van der Waals surface area contributed by atoms with E-state index in [0.717, 1.165) is 0 Å². The van der Waals surface area contributed by atoms with Gasteiger partial charge in [0.1, 0.15) is 67.1 Å². The average Bonchev–Trinajstić information content (AvgIpc) is 3.30. The molecule has 23 nitrogen and oxygen atoms in total. The van der Waals surface area contributed by atoms with Gasteiger partial charge in [-0.25, -0.2) is 0 Å². The van der Waals surface area contributed by atoms with Gasteiger partial charge in [-0.1, -0.05) is 0 Å². The summed E-state index contributed by atoms with van der Waals surface area (Å²) >= 11 is 0. The molecule has 0 amide bonds. The van der Waals surface area contributed by atoms with Crippen LogP contribution in [-0.2, 0) is 38.8 Å². The molecule has 0 aromatic carbocycles. The van der Waals surface area contributed by atoms with Gasteiger partial charge in [0.2, 0.25) is 0 Å². The lowest BCUT2D eigenvalue weighted by molar-refractivity contribution is -0.310. The van der Waals surface area contributed by atoms with Crippen molar-refractivity contribution in [2.45, 2.75) is 123 Å². The monoisotopic (exact) mass is 713 g/mol. The van der Waals surface area contributed by atoms with Crippen molar-refractivity contribution in [3.63, 3.8) is 0 Å². The second-order valence-electron chi connectivity index (χ2n) is 11.6. The van der Waals surface area contributed by atoms with Crippen LogP contribution in [0.1, 0.15) is 6.42 Å². The fraction of sp³-hybridized carbons (Fsp3) is 1.00. The van der Waals surface area contributed by atoms with E-state index in [1.54, 1.807) is 0 Å². The Balaban J connectivity index is 0.00000111. The Morgan fingerprint density at radius 1 is 0.574 bits per heavy atom. The fourth-order valence-electron chi connectivity index (χ4n) is 5.70. The van der Waals surface area contributed by atoms with Crippen LogP contribution in [0.15, 0.2) is 0 Å². The van der Waals surface area contributed by atoms with Gasteiger partial charge in [-0.2, -0.15) is 8.42 Å². The standard InChI is InChI=1S/C23H45N5O14.H2O4S/c24-2-7-13(32)15(34)10(27)21(37-7)41-19-9(4-30)39-23(17(19)36)42-20-12(31)5(25)1-6(26)18(20)40-22-11(28)16(35)14(33)8(3-29)38-22;1-5(2,3)4/h5-23,29-36H,1-4,24-28H2;(H2,1,2,3,4)/t5?,6?,7?,8?,9-,10?,11?,12?,13?,14?,15?,16?,17+,18?,19+,20?,21?,22?,23?;/m1./s1. The number of aliphatic hydroxyl groups excluding tert-OH is 8. The summed E-state index contributed by atoms with van der Waals surface area (Å²) in [6.07, 6.45) is -20.5. The molecular weight excluding hydrogens is 666 g/mol. The summed E-state index contributed by atoms with van der Waals surface area (Å²) in [5.74, 6) is 0. The molecule has 16 unspecified atom stereocenters. The van der Waals surface area contributed by atoms with Crippen LogP contribution in [0.25, 0.3) is 0 Å². The van der Waals surface area contributed by atoms with Crippen LogP contribution in [0.3, 0.4) is 0 Å². The Morgan fingerprint density at radius 3 is 1.49 bits per heavy atom. The lowest BCUT2D eigenvalue weighted by Gasteiger charge is -2.47. The van der Waals surface area contributed by atoms with Gasteiger partial charge in [-0.3, -0.25) is 9.11 Å². The highest BCUT2D eigenvalue weighted by Crippen LogP contribution is 2.34.